The van der Waals surface area contributed by atoms with E-state index in [2.05, 4.69) is 13.0 Å². The molecule has 12 heavy (non-hydrogen) atoms. The highest BCUT2D eigenvalue weighted by Gasteiger charge is 2.19. The van der Waals surface area contributed by atoms with E-state index < -0.39 is 0 Å². The minimum atomic E-state index is 0.808. The van der Waals surface area contributed by atoms with Crippen molar-refractivity contribution in [2.45, 2.75) is 26.2 Å². The van der Waals surface area contributed by atoms with Gasteiger partial charge in [-0.25, -0.2) is 0 Å². The molecule has 0 fully saturated rings. The van der Waals surface area contributed by atoms with Crippen LogP contribution in [0.3, 0.4) is 0 Å². The van der Waals surface area contributed by atoms with E-state index in [0.717, 1.165) is 17.9 Å². The summed E-state index contributed by atoms with van der Waals surface area (Å²) in [6.45, 7) is 2.29. The fraction of sp³-hybridized carbons (Fsp3) is 0.500. The molecule has 0 N–H and O–H groups in total. The standard InChI is InChI=1S/C10H11NS/c1-7-2-3-9-8(5-11)6-12-10(9)4-7/h6-7H,2-4H2,1H3. The SMILES string of the molecule is CC1CCc2c(C#N)csc2C1. The second-order valence-electron chi connectivity index (χ2n) is 3.51. The molecule has 0 spiro atoms. The Hall–Kier alpha value is -0.810. The lowest BCUT2D eigenvalue weighted by Gasteiger charge is -2.17. The van der Waals surface area contributed by atoms with Gasteiger partial charge >= 0.3 is 0 Å². The highest BCUT2D eigenvalue weighted by Crippen LogP contribution is 2.32. The molecule has 1 unspecified atom stereocenters. The van der Waals surface area contributed by atoms with Crippen molar-refractivity contribution >= 4 is 11.3 Å². The van der Waals surface area contributed by atoms with Crippen molar-refractivity contribution < 1.29 is 0 Å². The summed E-state index contributed by atoms with van der Waals surface area (Å²) >= 11 is 1.76. The quantitative estimate of drug-likeness (QED) is 0.597. The Kier molecular flexibility index (Phi) is 1.90. The Balaban J connectivity index is 2.40. The summed E-state index contributed by atoms with van der Waals surface area (Å²) in [4.78, 5) is 1.45. The summed E-state index contributed by atoms with van der Waals surface area (Å²) in [5, 5.41) is 10.8. The first kappa shape index (κ1) is 7.82. The summed E-state index contributed by atoms with van der Waals surface area (Å²) < 4.78 is 0. The summed E-state index contributed by atoms with van der Waals surface area (Å²) in [6.07, 6.45) is 3.54. The smallest absolute Gasteiger partial charge is 0.100 e. The van der Waals surface area contributed by atoms with E-state index in [1.807, 2.05) is 5.38 Å². The van der Waals surface area contributed by atoms with Crippen LogP contribution in [0, 0.1) is 17.2 Å². The van der Waals surface area contributed by atoms with Crippen molar-refractivity contribution in [1.82, 2.24) is 0 Å². The molecule has 1 nitrogen and oxygen atoms in total. The van der Waals surface area contributed by atoms with Crippen LogP contribution >= 0.6 is 11.3 Å². The fourth-order valence-electron chi connectivity index (χ4n) is 1.77. The lowest BCUT2D eigenvalue weighted by Crippen LogP contribution is -2.09. The van der Waals surface area contributed by atoms with Gasteiger partial charge in [-0.15, -0.1) is 11.3 Å². The number of hydrogen-bond donors (Lipinski definition) is 0. The van der Waals surface area contributed by atoms with Gasteiger partial charge in [-0.1, -0.05) is 6.92 Å². The van der Waals surface area contributed by atoms with Crippen molar-refractivity contribution in [1.29, 1.82) is 5.26 Å². The average Bonchev–Trinajstić information content (AvgIpc) is 2.46. The number of thiophene rings is 1. The summed E-state index contributed by atoms with van der Waals surface area (Å²) in [5.41, 5.74) is 2.25. The van der Waals surface area contributed by atoms with Gasteiger partial charge in [0.05, 0.1) is 5.56 Å². The van der Waals surface area contributed by atoms with Crippen LogP contribution in [0.5, 0.6) is 0 Å². The van der Waals surface area contributed by atoms with Crippen molar-refractivity contribution in [2.24, 2.45) is 5.92 Å². The van der Waals surface area contributed by atoms with Crippen molar-refractivity contribution in [3.8, 4) is 6.07 Å². The summed E-state index contributed by atoms with van der Waals surface area (Å²) in [5.74, 6) is 0.808. The maximum atomic E-state index is 8.81. The molecule has 0 amide bonds. The molecular weight excluding hydrogens is 166 g/mol. The minimum Gasteiger partial charge on any atom is -0.192 e. The third-order valence-electron chi connectivity index (χ3n) is 2.52. The molecule has 1 aromatic heterocycles. The van der Waals surface area contributed by atoms with Crippen LogP contribution in [0.15, 0.2) is 5.38 Å². The van der Waals surface area contributed by atoms with Crippen molar-refractivity contribution in [2.75, 3.05) is 0 Å². The molecule has 0 aliphatic heterocycles. The van der Waals surface area contributed by atoms with E-state index in [1.165, 1.54) is 23.3 Å². The van der Waals surface area contributed by atoms with Gasteiger partial charge in [-0.2, -0.15) is 5.26 Å². The first-order valence-electron chi connectivity index (χ1n) is 4.30. The lowest BCUT2D eigenvalue weighted by molar-refractivity contribution is 0.507. The molecule has 1 aliphatic carbocycles. The average molecular weight is 177 g/mol. The Labute approximate surface area is 76.6 Å². The van der Waals surface area contributed by atoms with Crippen LogP contribution in [-0.2, 0) is 12.8 Å². The zero-order chi connectivity index (χ0) is 8.55. The number of rotatable bonds is 0. The highest BCUT2D eigenvalue weighted by atomic mass is 32.1. The minimum absolute atomic E-state index is 0.808. The lowest BCUT2D eigenvalue weighted by atomic mass is 9.89. The Morgan fingerprint density at radius 3 is 3.25 bits per heavy atom. The van der Waals surface area contributed by atoms with E-state index in [-0.39, 0.29) is 0 Å². The third-order valence-corrected chi connectivity index (χ3v) is 3.57. The molecule has 0 radical (unpaired) electrons. The molecule has 0 saturated carbocycles. The zero-order valence-corrected chi connectivity index (χ0v) is 7.95. The van der Waals surface area contributed by atoms with Gasteiger partial charge in [0.2, 0.25) is 0 Å². The predicted molar refractivity (Wildman–Crippen MR) is 50.2 cm³/mol. The van der Waals surface area contributed by atoms with Crippen LogP contribution in [0.25, 0.3) is 0 Å². The predicted octanol–water partition coefficient (Wildman–Crippen LogP) is 2.74. The van der Waals surface area contributed by atoms with E-state index >= 15 is 0 Å². The number of hydrogen-bond acceptors (Lipinski definition) is 2. The molecule has 1 heterocycles. The first-order valence-corrected chi connectivity index (χ1v) is 5.18. The fourth-order valence-corrected chi connectivity index (χ4v) is 2.96. The van der Waals surface area contributed by atoms with Gasteiger partial charge < -0.3 is 0 Å². The van der Waals surface area contributed by atoms with Crippen molar-refractivity contribution in [3.05, 3.63) is 21.4 Å². The molecule has 1 atom stereocenters. The molecule has 0 aromatic carbocycles. The first-order chi connectivity index (χ1) is 5.81. The van der Waals surface area contributed by atoms with Gasteiger partial charge in [-0.05, 0) is 30.7 Å². The van der Waals surface area contributed by atoms with Crippen LogP contribution in [0.2, 0.25) is 0 Å². The second-order valence-corrected chi connectivity index (χ2v) is 4.48. The second kappa shape index (κ2) is 2.91. The van der Waals surface area contributed by atoms with Crippen LogP contribution in [0.4, 0.5) is 0 Å². The number of nitrogens with zero attached hydrogens (tertiary/aromatic N) is 1. The maximum Gasteiger partial charge on any atom is 0.100 e. The van der Waals surface area contributed by atoms with Crippen LogP contribution in [-0.4, -0.2) is 0 Å². The molecule has 2 heteroatoms. The van der Waals surface area contributed by atoms with Gasteiger partial charge in [0.15, 0.2) is 0 Å². The van der Waals surface area contributed by atoms with E-state index in [1.54, 1.807) is 11.3 Å². The molecule has 1 aromatic rings. The third kappa shape index (κ3) is 1.15. The largest absolute Gasteiger partial charge is 0.192 e. The summed E-state index contributed by atoms with van der Waals surface area (Å²) in [7, 11) is 0. The van der Waals surface area contributed by atoms with Gasteiger partial charge in [0, 0.05) is 10.3 Å². The molecule has 0 saturated heterocycles. The van der Waals surface area contributed by atoms with Crippen LogP contribution in [0.1, 0.15) is 29.3 Å². The van der Waals surface area contributed by atoms with Crippen LogP contribution < -0.4 is 0 Å². The molecule has 0 bridgehead atoms. The molecule has 2 rings (SSSR count). The van der Waals surface area contributed by atoms with Gasteiger partial charge in [0.25, 0.3) is 0 Å². The Bertz CT molecular complexity index is 332. The molecule has 1 aliphatic rings. The van der Waals surface area contributed by atoms with E-state index in [9.17, 15) is 0 Å². The number of fused-ring (bicyclic) bond motifs is 1. The zero-order valence-electron chi connectivity index (χ0n) is 7.13. The topological polar surface area (TPSA) is 23.8 Å². The number of nitriles is 1. The highest BCUT2D eigenvalue weighted by molar-refractivity contribution is 7.10. The van der Waals surface area contributed by atoms with Crippen molar-refractivity contribution in [3.63, 3.8) is 0 Å². The summed E-state index contributed by atoms with van der Waals surface area (Å²) in [6, 6.07) is 2.26. The van der Waals surface area contributed by atoms with E-state index in [0.29, 0.717) is 0 Å². The maximum absolute atomic E-state index is 8.81. The molecular formula is C10H11NS. The van der Waals surface area contributed by atoms with Gasteiger partial charge in [0.1, 0.15) is 6.07 Å². The Morgan fingerprint density at radius 1 is 1.67 bits per heavy atom. The monoisotopic (exact) mass is 177 g/mol. The Morgan fingerprint density at radius 2 is 2.50 bits per heavy atom. The van der Waals surface area contributed by atoms with E-state index in [4.69, 9.17) is 5.26 Å². The normalized spacial score (nSPS) is 21.5. The van der Waals surface area contributed by atoms with Gasteiger partial charge in [-0.3, -0.25) is 0 Å². The molecule has 62 valence electrons.